The molecule has 26 heavy (non-hydrogen) atoms. The van der Waals surface area contributed by atoms with Gasteiger partial charge in [0.15, 0.2) is 11.5 Å². The number of rotatable bonds is 5. The van der Waals surface area contributed by atoms with Gasteiger partial charge in [0, 0.05) is 12.8 Å². The van der Waals surface area contributed by atoms with Crippen molar-refractivity contribution < 1.29 is 24.1 Å². The molecule has 0 aliphatic heterocycles. The summed E-state index contributed by atoms with van der Waals surface area (Å²) in [4.78, 5) is 11.6. The maximum atomic E-state index is 11.6. The molecule has 2 aromatic carbocycles. The van der Waals surface area contributed by atoms with Gasteiger partial charge in [-0.1, -0.05) is 6.07 Å². The molecule has 0 saturated heterocycles. The molecule has 0 fully saturated rings. The molecule has 6 nitrogen and oxygen atoms in total. The second kappa shape index (κ2) is 7.15. The monoisotopic (exact) mass is 357 g/mol. The van der Waals surface area contributed by atoms with Crippen LogP contribution in [0.3, 0.4) is 0 Å². The van der Waals surface area contributed by atoms with E-state index < -0.39 is 0 Å². The van der Waals surface area contributed by atoms with E-state index >= 15 is 0 Å². The zero-order chi connectivity index (χ0) is 18.8. The molecule has 2 N–H and O–H groups in total. The Hall–Kier alpha value is -2.89. The molecular formula is C20H23NO5. The third kappa shape index (κ3) is 3.14. The molecule has 1 amide bonds. The fourth-order valence-corrected chi connectivity index (χ4v) is 3.67. The summed E-state index contributed by atoms with van der Waals surface area (Å²) in [6.07, 6.45) is 0.691. The van der Waals surface area contributed by atoms with Gasteiger partial charge in [-0.15, -0.1) is 0 Å². The van der Waals surface area contributed by atoms with Gasteiger partial charge in [0.1, 0.15) is 5.75 Å². The van der Waals surface area contributed by atoms with E-state index in [4.69, 9.17) is 14.2 Å². The number of hydrogen-bond acceptors (Lipinski definition) is 5. The Morgan fingerprint density at radius 2 is 1.69 bits per heavy atom. The third-order valence-electron chi connectivity index (χ3n) is 4.76. The predicted octanol–water partition coefficient (Wildman–Crippen LogP) is 3.13. The number of phenolic OH excluding ortho intramolecular Hbond substituents is 1. The van der Waals surface area contributed by atoms with Gasteiger partial charge < -0.3 is 24.6 Å². The summed E-state index contributed by atoms with van der Waals surface area (Å²) in [5.41, 5.74) is 2.99. The summed E-state index contributed by atoms with van der Waals surface area (Å²) in [7, 11) is 4.74. The molecule has 0 saturated carbocycles. The number of methoxy groups -OCH3 is 3. The summed E-state index contributed by atoms with van der Waals surface area (Å²) in [5, 5.41) is 12.8. The van der Waals surface area contributed by atoms with E-state index in [1.807, 2.05) is 18.2 Å². The Bertz CT molecular complexity index is 808. The van der Waals surface area contributed by atoms with Crippen LogP contribution in [-0.2, 0) is 4.79 Å². The lowest BCUT2D eigenvalue weighted by Gasteiger charge is -2.18. The molecule has 0 heterocycles. The maximum Gasteiger partial charge on any atom is 0.217 e. The van der Waals surface area contributed by atoms with Crippen molar-refractivity contribution in [1.82, 2.24) is 5.32 Å². The molecular weight excluding hydrogens is 334 g/mol. The highest BCUT2D eigenvalue weighted by Crippen LogP contribution is 2.48. The zero-order valence-electron chi connectivity index (χ0n) is 15.3. The van der Waals surface area contributed by atoms with Crippen LogP contribution in [0, 0.1) is 0 Å². The topological polar surface area (TPSA) is 77.0 Å². The number of ether oxygens (including phenoxy) is 3. The van der Waals surface area contributed by atoms with Gasteiger partial charge in [-0.05, 0) is 47.4 Å². The quantitative estimate of drug-likeness (QED) is 0.860. The van der Waals surface area contributed by atoms with Crippen LogP contribution in [0.1, 0.15) is 42.0 Å². The molecule has 0 radical (unpaired) electrons. The molecule has 138 valence electrons. The molecule has 0 bridgehead atoms. The third-order valence-corrected chi connectivity index (χ3v) is 4.76. The molecule has 0 spiro atoms. The highest BCUT2D eigenvalue weighted by atomic mass is 16.5. The molecule has 6 heteroatoms. The standard InChI is InChI=1S/C20H23NO5/c1-11(22)21-17-10-15(14-6-5-13(23)9-16(14)17)12-7-18(24-2)20(26-4)19(8-12)25-3/h5-9,15,17,23H,10H2,1-4H3,(H,21,22)/t15-,17-/m0/s1. The minimum atomic E-state index is -0.154. The van der Waals surface area contributed by atoms with Crippen molar-refractivity contribution in [3.8, 4) is 23.0 Å². The number of aromatic hydroxyl groups is 1. The average Bonchev–Trinajstić information content (AvgIpc) is 2.97. The fraction of sp³-hybridized carbons (Fsp3) is 0.350. The second-order valence-electron chi connectivity index (χ2n) is 6.31. The number of carbonyl (C=O) groups excluding carboxylic acids is 1. The molecule has 0 aromatic heterocycles. The zero-order valence-corrected chi connectivity index (χ0v) is 15.3. The van der Waals surface area contributed by atoms with Gasteiger partial charge in [-0.3, -0.25) is 4.79 Å². The molecule has 0 unspecified atom stereocenters. The van der Waals surface area contributed by atoms with Gasteiger partial charge in [0.2, 0.25) is 11.7 Å². The minimum absolute atomic E-state index is 0.0381. The predicted molar refractivity (Wildman–Crippen MR) is 97.2 cm³/mol. The van der Waals surface area contributed by atoms with Crippen LogP contribution >= 0.6 is 0 Å². The highest BCUT2D eigenvalue weighted by Gasteiger charge is 2.33. The lowest BCUT2D eigenvalue weighted by Crippen LogP contribution is -2.24. The number of fused-ring (bicyclic) bond motifs is 1. The van der Waals surface area contributed by atoms with Gasteiger partial charge >= 0.3 is 0 Å². The summed E-state index contributed by atoms with van der Waals surface area (Å²) >= 11 is 0. The molecule has 2 atom stereocenters. The Morgan fingerprint density at radius 1 is 1.04 bits per heavy atom. The van der Waals surface area contributed by atoms with E-state index in [2.05, 4.69) is 5.32 Å². The number of carbonyl (C=O) groups is 1. The molecule has 1 aliphatic carbocycles. The van der Waals surface area contributed by atoms with Crippen molar-refractivity contribution in [2.45, 2.75) is 25.3 Å². The Morgan fingerprint density at radius 3 is 2.23 bits per heavy atom. The van der Waals surface area contributed by atoms with Crippen molar-refractivity contribution in [3.63, 3.8) is 0 Å². The Balaban J connectivity index is 2.09. The number of amides is 1. The normalized spacial score (nSPS) is 18.2. The van der Waals surface area contributed by atoms with Gasteiger partial charge in [0.05, 0.1) is 27.4 Å². The smallest absolute Gasteiger partial charge is 0.217 e. The van der Waals surface area contributed by atoms with E-state index in [0.29, 0.717) is 23.7 Å². The van der Waals surface area contributed by atoms with Crippen molar-refractivity contribution in [2.75, 3.05) is 21.3 Å². The Kier molecular flexibility index (Phi) is 4.93. The first kappa shape index (κ1) is 17.9. The number of phenols is 1. The fourth-order valence-electron chi connectivity index (χ4n) is 3.67. The van der Waals surface area contributed by atoms with Gasteiger partial charge in [0.25, 0.3) is 0 Å². The molecule has 1 aliphatic rings. The van der Waals surface area contributed by atoms with Crippen LogP contribution in [0.2, 0.25) is 0 Å². The van der Waals surface area contributed by atoms with Crippen molar-refractivity contribution in [2.24, 2.45) is 0 Å². The Labute approximate surface area is 152 Å². The van der Waals surface area contributed by atoms with Crippen LogP contribution in [0.25, 0.3) is 0 Å². The first-order valence-corrected chi connectivity index (χ1v) is 8.38. The first-order chi connectivity index (χ1) is 12.5. The lowest BCUT2D eigenvalue weighted by molar-refractivity contribution is -0.119. The number of benzene rings is 2. The SMILES string of the molecule is COc1cc([C@@H]2C[C@H](NC(C)=O)c3cc(O)ccc32)cc(OC)c1OC. The summed E-state index contributed by atoms with van der Waals surface area (Å²) in [6.45, 7) is 1.50. The van der Waals surface area contributed by atoms with Crippen LogP contribution in [-0.4, -0.2) is 32.3 Å². The summed E-state index contributed by atoms with van der Waals surface area (Å²) in [6, 6.07) is 8.99. The van der Waals surface area contributed by atoms with Crippen molar-refractivity contribution in [3.05, 3.63) is 47.0 Å². The highest BCUT2D eigenvalue weighted by molar-refractivity contribution is 5.74. The van der Waals surface area contributed by atoms with Crippen LogP contribution < -0.4 is 19.5 Å². The second-order valence-corrected chi connectivity index (χ2v) is 6.31. The maximum absolute atomic E-state index is 11.6. The minimum Gasteiger partial charge on any atom is -0.508 e. The number of nitrogens with one attached hydrogen (secondary N) is 1. The van der Waals surface area contributed by atoms with Gasteiger partial charge in [-0.2, -0.15) is 0 Å². The van der Waals surface area contributed by atoms with Crippen molar-refractivity contribution in [1.29, 1.82) is 0 Å². The van der Waals surface area contributed by atoms with Crippen LogP contribution in [0.5, 0.6) is 23.0 Å². The summed E-state index contributed by atoms with van der Waals surface area (Å²) < 4.78 is 16.3. The van der Waals surface area contributed by atoms with Gasteiger partial charge in [-0.25, -0.2) is 0 Å². The lowest BCUT2D eigenvalue weighted by atomic mass is 9.92. The molecule has 2 aromatic rings. The van der Waals surface area contributed by atoms with E-state index in [0.717, 1.165) is 16.7 Å². The van der Waals surface area contributed by atoms with E-state index in [-0.39, 0.29) is 23.6 Å². The van der Waals surface area contributed by atoms with E-state index in [9.17, 15) is 9.90 Å². The summed E-state index contributed by atoms with van der Waals surface area (Å²) in [5.74, 6) is 1.84. The van der Waals surface area contributed by atoms with Crippen LogP contribution in [0.15, 0.2) is 30.3 Å². The number of hydrogen-bond donors (Lipinski definition) is 2. The average molecular weight is 357 g/mol. The first-order valence-electron chi connectivity index (χ1n) is 8.38. The van der Waals surface area contributed by atoms with Crippen LogP contribution in [0.4, 0.5) is 0 Å². The molecule has 3 rings (SSSR count). The largest absolute Gasteiger partial charge is 0.508 e. The van der Waals surface area contributed by atoms with E-state index in [1.165, 1.54) is 6.92 Å². The van der Waals surface area contributed by atoms with Crippen molar-refractivity contribution >= 4 is 5.91 Å². The van der Waals surface area contributed by atoms with E-state index in [1.54, 1.807) is 33.5 Å².